The average molecular weight is 385 g/mol. The van der Waals surface area contributed by atoms with Crippen LogP contribution in [0.25, 0.3) is 4.96 Å². The van der Waals surface area contributed by atoms with Gasteiger partial charge in [0.15, 0.2) is 0 Å². The van der Waals surface area contributed by atoms with E-state index in [1.807, 2.05) is 12.1 Å². The summed E-state index contributed by atoms with van der Waals surface area (Å²) in [5.41, 5.74) is 1.40. The van der Waals surface area contributed by atoms with Gasteiger partial charge in [-0.3, -0.25) is 9.59 Å². The van der Waals surface area contributed by atoms with Crippen LogP contribution >= 0.6 is 11.3 Å². The zero-order chi connectivity index (χ0) is 19.8. The molecule has 0 spiro atoms. The van der Waals surface area contributed by atoms with E-state index >= 15 is 0 Å². The second kappa shape index (κ2) is 7.23. The van der Waals surface area contributed by atoms with Gasteiger partial charge in [-0.15, -0.1) is 0 Å². The summed E-state index contributed by atoms with van der Waals surface area (Å²) in [4.78, 5) is 29.9. The maximum absolute atomic E-state index is 12.6. The molecule has 27 heavy (non-hydrogen) atoms. The molecule has 1 amide bonds. The molecule has 3 rings (SSSR count). The van der Waals surface area contributed by atoms with Gasteiger partial charge in [0.05, 0.1) is 6.20 Å². The molecule has 1 N–H and O–H groups in total. The number of benzene rings is 1. The van der Waals surface area contributed by atoms with Gasteiger partial charge in [-0.2, -0.15) is 9.61 Å². The zero-order valence-electron chi connectivity index (χ0n) is 16.2. The van der Waals surface area contributed by atoms with Crippen molar-refractivity contribution in [1.82, 2.24) is 14.6 Å². The van der Waals surface area contributed by atoms with Gasteiger partial charge in [0, 0.05) is 12.0 Å². The Balaban J connectivity index is 1.84. The molecule has 0 fully saturated rings. The van der Waals surface area contributed by atoms with E-state index in [9.17, 15) is 9.59 Å². The molecule has 6 nitrogen and oxygen atoms in total. The molecule has 1 aromatic carbocycles. The molecule has 142 valence electrons. The lowest BCUT2D eigenvalue weighted by Gasteiger charge is -2.19. The Morgan fingerprint density at radius 1 is 1.22 bits per heavy atom. The molecule has 2 aromatic heterocycles. The van der Waals surface area contributed by atoms with Crippen LogP contribution in [0.15, 0.2) is 35.3 Å². The minimum absolute atomic E-state index is 0.0150. The molecule has 0 bridgehead atoms. The van der Waals surface area contributed by atoms with Crippen LogP contribution in [-0.2, 0) is 11.8 Å². The molecule has 0 unspecified atom stereocenters. The van der Waals surface area contributed by atoms with Gasteiger partial charge in [-0.25, -0.2) is 4.98 Å². The molecule has 0 aliphatic heterocycles. The maximum atomic E-state index is 12.6. The number of anilines is 1. The molecule has 0 atom stereocenters. The van der Waals surface area contributed by atoms with E-state index in [-0.39, 0.29) is 22.6 Å². The highest BCUT2D eigenvalue weighted by Crippen LogP contribution is 2.22. The Morgan fingerprint density at radius 2 is 1.89 bits per heavy atom. The summed E-state index contributed by atoms with van der Waals surface area (Å²) < 4.78 is 1.26. The highest BCUT2D eigenvalue weighted by Gasteiger charge is 2.16. The Hall–Kier alpha value is -2.54. The lowest BCUT2D eigenvalue weighted by Crippen LogP contribution is -2.23. The van der Waals surface area contributed by atoms with Crippen molar-refractivity contribution in [2.24, 2.45) is 5.92 Å². The first-order chi connectivity index (χ1) is 12.6. The van der Waals surface area contributed by atoms with Gasteiger partial charge in [-0.05, 0) is 29.0 Å². The van der Waals surface area contributed by atoms with Crippen LogP contribution in [0.3, 0.4) is 0 Å². The summed E-state index contributed by atoms with van der Waals surface area (Å²) in [7, 11) is 0. The van der Waals surface area contributed by atoms with Gasteiger partial charge >= 0.3 is 0 Å². The average Bonchev–Trinajstić information content (AvgIpc) is 2.99. The second-order valence-electron chi connectivity index (χ2n) is 8.05. The number of carbonyl (C=O) groups excluding carboxylic acids is 1. The maximum Gasteiger partial charge on any atom is 0.298 e. The summed E-state index contributed by atoms with van der Waals surface area (Å²) in [5, 5.41) is 7.85. The zero-order valence-corrected chi connectivity index (χ0v) is 17.1. The molecular formula is C20H24N4O2S. The predicted molar refractivity (Wildman–Crippen MR) is 109 cm³/mol. The van der Waals surface area contributed by atoms with Crippen molar-refractivity contribution in [3.05, 3.63) is 57.0 Å². The molecular weight excluding hydrogens is 360 g/mol. The third-order valence-corrected chi connectivity index (χ3v) is 5.12. The van der Waals surface area contributed by atoms with Crippen molar-refractivity contribution in [1.29, 1.82) is 0 Å². The summed E-state index contributed by atoms with van der Waals surface area (Å²) in [6.07, 6.45) is 2.19. The minimum Gasteiger partial charge on any atom is -0.316 e. The van der Waals surface area contributed by atoms with Crippen LogP contribution in [0.5, 0.6) is 0 Å². The molecule has 3 aromatic rings. The molecule has 0 radical (unpaired) electrons. The first kappa shape index (κ1) is 19.2. The lowest BCUT2D eigenvalue weighted by atomic mass is 9.87. The van der Waals surface area contributed by atoms with E-state index in [1.54, 1.807) is 12.1 Å². The third kappa shape index (κ3) is 4.24. The molecule has 0 saturated carbocycles. The van der Waals surface area contributed by atoms with Crippen molar-refractivity contribution in [3.8, 4) is 0 Å². The van der Waals surface area contributed by atoms with Crippen LogP contribution in [-0.4, -0.2) is 20.5 Å². The quantitative estimate of drug-likeness (QED) is 0.740. The lowest BCUT2D eigenvalue weighted by molar-refractivity contribution is 0.102. The van der Waals surface area contributed by atoms with Crippen LogP contribution in [0.4, 0.5) is 5.69 Å². The largest absolute Gasteiger partial charge is 0.316 e. The summed E-state index contributed by atoms with van der Waals surface area (Å²) in [6, 6.07) is 7.40. The molecule has 2 heterocycles. The number of amides is 1. The first-order valence-corrected chi connectivity index (χ1v) is 9.76. The normalized spacial score (nSPS) is 11.9. The van der Waals surface area contributed by atoms with Crippen LogP contribution in [0, 0.1) is 5.92 Å². The van der Waals surface area contributed by atoms with Crippen molar-refractivity contribution in [3.63, 3.8) is 0 Å². The smallest absolute Gasteiger partial charge is 0.298 e. The number of aromatic nitrogens is 3. The van der Waals surface area contributed by atoms with E-state index in [0.717, 1.165) is 17.0 Å². The first-order valence-electron chi connectivity index (χ1n) is 8.95. The predicted octanol–water partition coefficient (Wildman–Crippen LogP) is 3.90. The summed E-state index contributed by atoms with van der Waals surface area (Å²) >= 11 is 1.40. The van der Waals surface area contributed by atoms with Gasteiger partial charge in [-0.1, -0.05) is 58.1 Å². The Kier molecular flexibility index (Phi) is 5.15. The van der Waals surface area contributed by atoms with Gasteiger partial charge in [0.2, 0.25) is 4.96 Å². The molecule has 7 heteroatoms. The van der Waals surface area contributed by atoms with Gasteiger partial charge < -0.3 is 5.32 Å². The van der Waals surface area contributed by atoms with E-state index in [1.165, 1.54) is 22.0 Å². The monoisotopic (exact) mass is 384 g/mol. The van der Waals surface area contributed by atoms with Crippen molar-refractivity contribution >= 4 is 27.9 Å². The fourth-order valence-electron chi connectivity index (χ4n) is 2.66. The van der Waals surface area contributed by atoms with Crippen LogP contribution in [0.2, 0.25) is 0 Å². The number of fused-ring (bicyclic) bond motifs is 1. The van der Waals surface area contributed by atoms with Crippen LogP contribution < -0.4 is 10.9 Å². The molecule has 0 saturated heterocycles. The topological polar surface area (TPSA) is 76.4 Å². The standard InChI is InChI=1S/C20H24N4O2S/c1-12(2)10-16-23-24-18(26)15(11-21-19(24)27-16)22-17(25)13-6-8-14(9-7-13)20(3,4)5/h6-9,11-12H,10H2,1-5H3,(H,22,25). The molecule has 0 aliphatic rings. The van der Waals surface area contributed by atoms with Crippen molar-refractivity contribution in [2.45, 2.75) is 46.5 Å². The Labute approximate surface area is 162 Å². The Morgan fingerprint density at radius 3 is 2.48 bits per heavy atom. The Bertz CT molecular complexity index is 1030. The molecule has 0 aliphatic carbocycles. The highest BCUT2D eigenvalue weighted by atomic mass is 32.1. The number of carbonyl (C=O) groups is 1. The number of nitrogens with zero attached hydrogens (tertiary/aromatic N) is 3. The number of hydrogen-bond acceptors (Lipinski definition) is 5. The van der Waals surface area contributed by atoms with E-state index in [4.69, 9.17) is 0 Å². The summed E-state index contributed by atoms with van der Waals surface area (Å²) in [6.45, 7) is 10.5. The number of hydrogen-bond donors (Lipinski definition) is 1. The van der Waals surface area contributed by atoms with E-state index in [2.05, 4.69) is 50.0 Å². The number of nitrogens with one attached hydrogen (secondary N) is 1. The van der Waals surface area contributed by atoms with Crippen molar-refractivity contribution in [2.75, 3.05) is 5.32 Å². The second-order valence-corrected chi connectivity index (χ2v) is 9.09. The van der Waals surface area contributed by atoms with E-state index in [0.29, 0.717) is 16.4 Å². The number of rotatable bonds is 4. The van der Waals surface area contributed by atoms with E-state index < -0.39 is 0 Å². The SMILES string of the molecule is CC(C)Cc1nn2c(=O)c(NC(=O)c3ccc(C(C)(C)C)cc3)cnc2s1. The third-order valence-electron chi connectivity index (χ3n) is 4.17. The van der Waals surface area contributed by atoms with Crippen LogP contribution in [0.1, 0.15) is 55.5 Å². The minimum atomic E-state index is -0.370. The van der Waals surface area contributed by atoms with Crippen molar-refractivity contribution < 1.29 is 4.79 Å². The fourth-order valence-corrected chi connectivity index (χ4v) is 3.72. The highest BCUT2D eigenvalue weighted by molar-refractivity contribution is 7.16. The van der Waals surface area contributed by atoms with Gasteiger partial charge in [0.25, 0.3) is 11.5 Å². The van der Waals surface area contributed by atoms with Gasteiger partial charge in [0.1, 0.15) is 10.7 Å². The summed E-state index contributed by atoms with van der Waals surface area (Å²) in [5.74, 6) is 0.100. The fraction of sp³-hybridized carbons (Fsp3) is 0.400.